The van der Waals surface area contributed by atoms with Crippen LogP contribution in [0.1, 0.15) is 42.7 Å². The van der Waals surface area contributed by atoms with Crippen LogP contribution in [0.25, 0.3) is 0 Å². The molecule has 2 aromatic carbocycles. The zero-order valence-electron chi connectivity index (χ0n) is 27.1. The van der Waals surface area contributed by atoms with E-state index < -0.39 is 0 Å². The lowest BCUT2D eigenvalue weighted by Gasteiger charge is -2.44. The Bertz CT molecular complexity index is 1290. The maximum atomic E-state index is 13.5. The van der Waals surface area contributed by atoms with Gasteiger partial charge in [0.05, 0.1) is 45.1 Å². The molecular formula is C35H49N5O7. The van der Waals surface area contributed by atoms with Crippen LogP contribution in [0.4, 0.5) is 4.79 Å². The molecule has 47 heavy (non-hydrogen) atoms. The number of piperidine rings is 2. The van der Waals surface area contributed by atoms with Crippen LogP contribution in [0.2, 0.25) is 0 Å². The van der Waals surface area contributed by atoms with Crippen molar-refractivity contribution in [2.45, 2.75) is 43.7 Å². The maximum Gasteiger partial charge on any atom is 0.320 e. The molecule has 2 aromatic rings. The second-order valence-corrected chi connectivity index (χ2v) is 12.3. The Hall–Kier alpha value is -3.71. The van der Waals surface area contributed by atoms with Crippen molar-refractivity contribution >= 4 is 17.8 Å². The summed E-state index contributed by atoms with van der Waals surface area (Å²) in [5.74, 6) is 1.06. The molecule has 0 bridgehead atoms. The lowest BCUT2D eigenvalue weighted by molar-refractivity contribution is -0.139. The number of amides is 4. The van der Waals surface area contributed by atoms with Gasteiger partial charge in [-0.05, 0) is 48.4 Å². The van der Waals surface area contributed by atoms with Gasteiger partial charge in [0.25, 0.3) is 0 Å². The zero-order chi connectivity index (χ0) is 32.8. The molecule has 5 rings (SSSR count). The fraction of sp³-hybridized carbons (Fsp3) is 0.571. The molecule has 4 N–H and O–H groups in total. The molecule has 4 amide bonds. The average Bonchev–Trinajstić information content (AvgIpc) is 3.10. The van der Waals surface area contributed by atoms with Crippen LogP contribution >= 0.6 is 0 Å². The van der Waals surface area contributed by atoms with Crippen molar-refractivity contribution < 1.29 is 33.3 Å². The molecule has 0 saturated carbocycles. The lowest BCUT2D eigenvalue weighted by atomic mass is 9.76. The molecule has 0 aliphatic carbocycles. The highest BCUT2D eigenvalue weighted by atomic mass is 16.5. The van der Waals surface area contributed by atoms with Crippen molar-refractivity contribution in [3.8, 4) is 5.75 Å². The molecular weight excluding hydrogens is 602 g/mol. The van der Waals surface area contributed by atoms with Gasteiger partial charge < -0.3 is 45.1 Å². The summed E-state index contributed by atoms with van der Waals surface area (Å²) in [5, 5.41) is 5.87. The number of carbonyl (C=O) groups is 3. The van der Waals surface area contributed by atoms with Gasteiger partial charge in [0.1, 0.15) is 19.0 Å². The van der Waals surface area contributed by atoms with Gasteiger partial charge in [-0.25, -0.2) is 4.79 Å². The fourth-order valence-corrected chi connectivity index (χ4v) is 6.71. The molecule has 12 nitrogen and oxygen atoms in total. The highest BCUT2D eigenvalue weighted by Crippen LogP contribution is 2.39. The van der Waals surface area contributed by atoms with Crippen LogP contribution in [0.5, 0.6) is 5.75 Å². The Morgan fingerprint density at radius 1 is 0.915 bits per heavy atom. The molecule has 3 fully saturated rings. The van der Waals surface area contributed by atoms with Crippen LogP contribution in [-0.2, 0) is 23.8 Å². The number of carbonyl (C=O) groups excluding carboxylic acids is 3. The number of morpholine rings is 1. The number of nitrogens with zero attached hydrogens (tertiary/aromatic N) is 2. The summed E-state index contributed by atoms with van der Waals surface area (Å²) in [6.07, 6.45) is 2.76. The fourth-order valence-electron chi connectivity index (χ4n) is 6.71. The van der Waals surface area contributed by atoms with E-state index >= 15 is 0 Å². The van der Waals surface area contributed by atoms with Crippen molar-refractivity contribution in [1.29, 1.82) is 0 Å². The molecule has 3 heterocycles. The third kappa shape index (κ3) is 10.1. The van der Waals surface area contributed by atoms with E-state index in [0.29, 0.717) is 78.2 Å². The third-order valence-corrected chi connectivity index (χ3v) is 9.05. The number of fused-ring (bicyclic) bond motifs is 1. The number of nitrogens with two attached hydrogens (primary N) is 1. The predicted octanol–water partition coefficient (Wildman–Crippen LogP) is 2.12. The highest BCUT2D eigenvalue weighted by Gasteiger charge is 2.38. The summed E-state index contributed by atoms with van der Waals surface area (Å²) < 4.78 is 22.4. The molecule has 3 aliphatic heterocycles. The standard InChI is InChI=1S/C35H49N5O7/c36-13-19-45-22-21-44-18-12-32(41)37-14-20-46-29-8-4-7-28(23-29)34(26-5-2-1-3-6-26)27-9-15-39(16-10-27)35(43)40-17-11-31-30(24-40)38-33(42)25-47-31/h1-8,23,27,30-31,34H,9-22,24-25,36H2,(H,37,41)(H,38,42)/t30-,31?,34-/m1/s1. The van der Waals surface area contributed by atoms with Crippen molar-refractivity contribution in [2.75, 3.05) is 78.9 Å². The largest absolute Gasteiger partial charge is 0.492 e. The quantitative estimate of drug-likeness (QED) is 0.249. The van der Waals surface area contributed by atoms with E-state index in [-0.39, 0.29) is 48.9 Å². The van der Waals surface area contributed by atoms with Crippen LogP contribution in [0.3, 0.4) is 0 Å². The number of benzene rings is 2. The summed E-state index contributed by atoms with van der Waals surface area (Å²) in [7, 11) is 0. The van der Waals surface area contributed by atoms with Crippen LogP contribution in [0, 0.1) is 5.92 Å². The SMILES string of the molecule is NCCOCCOCCC(=O)NCCOc1cccc([C@H](c2ccccc2)C2CCN(C(=O)N3CCC4OCC(=O)N[C@@H]4C3)CC2)c1. The van der Waals surface area contributed by atoms with E-state index in [0.717, 1.165) is 25.0 Å². The van der Waals surface area contributed by atoms with Crippen LogP contribution in [0.15, 0.2) is 54.6 Å². The van der Waals surface area contributed by atoms with E-state index in [9.17, 15) is 14.4 Å². The zero-order valence-corrected chi connectivity index (χ0v) is 27.1. The highest BCUT2D eigenvalue weighted by molar-refractivity contribution is 5.79. The smallest absolute Gasteiger partial charge is 0.320 e. The van der Waals surface area contributed by atoms with Gasteiger partial charge >= 0.3 is 6.03 Å². The van der Waals surface area contributed by atoms with Crippen molar-refractivity contribution in [3.63, 3.8) is 0 Å². The molecule has 0 radical (unpaired) electrons. The van der Waals surface area contributed by atoms with Crippen molar-refractivity contribution in [1.82, 2.24) is 20.4 Å². The van der Waals surface area contributed by atoms with Gasteiger partial charge in [-0.15, -0.1) is 0 Å². The lowest BCUT2D eigenvalue weighted by Crippen LogP contribution is -2.62. The number of nitrogens with one attached hydrogen (secondary N) is 2. The Morgan fingerprint density at radius 2 is 1.66 bits per heavy atom. The minimum absolute atomic E-state index is 0.0179. The number of rotatable bonds is 15. The Balaban J connectivity index is 1.11. The predicted molar refractivity (Wildman–Crippen MR) is 176 cm³/mol. The molecule has 3 aliphatic rings. The van der Waals surface area contributed by atoms with Gasteiger partial charge in [-0.1, -0.05) is 42.5 Å². The van der Waals surface area contributed by atoms with Crippen molar-refractivity contribution in [3.05, 3.63) is 65.7 Å². The van der Waals surface area contributed by atoms with E-state index in [1.807, 2.05) is 28.0 Å². The second kappa shape index (κ2) is 18.0. The van der Waals surface area contributed by atoms with E-state index in [4.69, 9.17) is 24.7 Å². The monoisotopic (exact) mass is 651 g/mol. The average molecular weight is 652 g/mol. The number of hydrogen-bond donors (Lipinski definition) is 3. The van der Waals surface area contributed by atoms with Gasteiger partial charge in [0, 0.05) is 45.1 Å². The summed E-state index contributed by atoms with van der Waals surface area (Å²) in [5.41, 5.74) is 7.79. The first kappa shape index (κ1) is 34.6. The molecule has 0 spiro atoms. The second-order valence-electron chi connectivity index (χ2n) is 12.3. The minimum Gasteiger partial charge on any atom is -0.492 e. The summed E-state index contributed by atoms with van der Waals surface area (Å²) in [6, 6.07) is 18.6. The van der Waals surface area contributed by atoms with Gasteiger partial charge in [-0.2, -0.15) is 0 Å². The molecule has 0 aromatic heterocycles. The maximum absolute atomic E-state index is 13.5. The summed E-state index contributed by atoms with van der Waals surface area (Å²) in [4.78, 5) is 41.3. The number of ether oxygens (including phenoxy) is 4. The van der Waals surface area contributed by atoms with Crippen LogP contribution < -0.4 is 21.1 Å². The summed E-state index contributed by atoms with van der Waals surface area (Å²) >= 11 is 0. The van der Waals surface area contributed by atoms with E-state index in [1.165, 1.54) is 11.1 Å². The first-order chi connectivity index (χ1) is 23.0. The number of urea groups is 1. The van der Waals surface area contributed by atoms with Crippen molar-refractivity contribution in [2.24, 2.45) is 11.7 Å². The number of likely N-dealkylation sites (tertiary alicyclic amines) is 2. The molecule has 3 atom stereocenters. The summed E-state index contributed by atoms with van der Waals surface area (Å²) in [6.45, 7) is 5.56. The Morgan fingerprint density at radius 3 is 2.45 bits per heavy atom. The first-order valence-electron chi connectivity index (χ1n) is 16.9. The normalized spacial score (nSPS) is 20.7. The van der Waals surface area contributed by atoms with Crippen LogP contribution in [-0.4, -0.2) is 119 Å². The van der Waals surface area contributed by atoms with E-state index in [1.54, 1.807) is 0 Å². The van der Waals surface area contributed by atoms with Gasteiger partial charge in [0.15, 0.2) is 0 Å². The van der Waals surface area contributed by atoms with Gasteiger partial charge in [0.2, 0.25) is 11.8 Å². The first-order valence-corrected chi connectivity index (χ1v) is 16.9. The Kier molecular flexibility index (Phi) is 13.3. The van der Waals surface area contributed by atoms with Gasteiger partial charge in [-0.3, -0.25) is 9.59 Å². The molecule has 256 valence electrons. The Labute approximate surface area is 277 Å². The topological polar surface area (TPSA) is 145 Å². The minimum atomic E-state index is -0.142. The molecule has 12 heteroatoms. The molecule has 3 saturated heterocycles. The third-order valence-electron chi connectivity index (χ3n) is 9.05. The number of hydrogen-bond acceptors (Lipinski definition) is 8. The molecule has 1 unspecified atom stereocenters. The van der Waals surface area contributed by atoms with E-state index in [2.05, 4.69) is 47.0 Å².